The summed E-state index contributed by atoms with van der Waals surface area (Å²) in [5, 5.41) is 23.5. The number of aldehydes is 1. The van der Waals surface area contributed by atoms with Gasteiger partial charge in [0, 0.05) is 50.9 Å². The van der Waals surface area contributed by atoms with E-state index < -0.39 is 11.2 Å². The van der Waals surface area contributed by atoms with Crippen LogP contribution >= 0.6 is 84.7 Å². The van der Waals surface area contributed by atoms with Crippen LogP contribution < -0.4 is 18.9 Å². The first kappa shape index (κ1) is 58.1. The molecule has 8 rings (SSSR count). The smallest absolute Gasteiger partial charge is 0.381 e. The van der Waals surface area contributed by atoms with Crippen LogP contribution in [0.25, 0.3) is 0 Å². The molecule has 0 aliphatic carbocycles. The van der Waals surface area contributed by atoms with Crippen molar-refractivity contribution in [3.63, 3.8) is 0 Å². The SMILES string of the molecule is CC(=O)c1cccc(Cl)c1.Cc1sc(C2OCCO2)cc1Br.Cc1sc(C2OCCO2)cc1C(C)(O)c1cccc(Cl)c1.Cc1sc(C=O)cc1C(C)(O)c1cccc(Cl)c1.[CH2-]CCC.[Li+]. The van der Waals surface area contributed by atoms with Crippen LogP contribution in [0.4, 0.5) is 0 Å². The van der Waals surface area contributed by atoms with Gasteiger partial charge in [-0.05, 0) is 123 Å². The predicted molar refractivity (Wildman–Crippen MR) is 272 cm³/mol. The summed E-state index contributed by atoms with van der Waals surface area (Å²) in [5.74, 6) is 0.0440. The van der Waals surface area contributed by atoms with Gasteiger partial charge in [-0.2, -0.15) is 6.42 Å². The summed E-state index contributed by atoms with van der Waals surface area (Å²) in [6, 6.07) is 27.1. The third kappa shape index (κ3) is 16.7. The Hall–Kier alpha value is -2.19. The van der Waals surface area contributed by atoms with Crippen LogP contribution in [0.2, 0.25) is 15.1 Å². The van der Waals surface area contributed by atoms with E-state index in [0.717, 1.165) is 53.4 Å². The molecule has 0 radical (unpaired) electrons. The van der Waals surface area contributed by atoms with Crippen molar-refractivity contribution in [2.45, 2.75) is 85.1 Å². The van der Waals surface area contributed by atoms with E-state index in [2.05, 4.69) is 42.8 Å². The first-order valence-electron chi connectivity index (χ1n) is 20.7. The van der Waals surface area contributed by atoms with Crippen molar-refractivity contribution >= 4 is 96.8 Å². The summed E-state index contributed by atoms with van der Waals surface area (Å²) >= 11 is 25.8. The van der Waals surface area contributed by atoms with Crippen LogP contribution in [0.15, 0.2) is 95.5 Å². The van der Waals surface area contributed by atoms with E-state index in [1.807, 2.05) is 38.1 Å². The minimum atomic E-state index is -1.15. The summed E-state index contributed by atoms with van der Waals surface area (Å²) in [6.45, 7) is 19.3. The summed E-state index contributed by atoms with van der Waals surface area (Å²) in [4.78, 5) is 27.5. The second kappa shape index (κ2) is 27.9. The number of halogens is 4. The summed E-state index contributed by atoms with van der Waals surface area (Å²) in [7, 11) is 0. The summed E-state index contributed by atoms with van der Waals surface area (Å²) in [5.41, 5.74) is 1.52. The molecule has 16 heteroatoms. The second-order valence-corrected chi connectivity index (χ2v) is 21.2. The van der Waals surface area contributed by atoms with Crippen molar-refractivity contribution in [2.24, 2.45) is 0 Å². The number of benzene rings is 3. The fourth-order valence-corrected chi connectivity index (χ4v) is 10.6. The third-order valence-corrected chi connectivity index (χ3v) is 14.9. The van der Waals surface area contributed by atoms with Gasteiger partial charge in [0.05, 0.1) is 41.1 Å². The Morgan fingerprint density at radius 2 is 1.12 bits per heavy atom. The number of thiophene rings is 3. The van der Waals surface area contributed by atoms with Crippen LogP contribution in [0, 0.1) is 27.7 Å². The normalized spacial score (nSPS) is 15.2. The van der Waals surface area contributed by atoms with Crippen molar-refractivity contribution in [2.75, 3.05) is 26.4 Å². The molecule has 0 bridgehead atoms. The molecule has 8 nitrogen and oxygen atoms in total. The van der Waals surface area contributed by atoms with Gasteiger partial charge in [0.15, 0.2) is 24.6 Å². The Morgan fingerprint density at radius 1 is 0.712 bits per heavy atom. The molecule has 2 saturated heterocycles. The van der Waals surface area contributed by atoms with E-state index in [0.29, 0.717) is 57.5 Å². The Balaban J connectivity index is 0.000000234. The first-order valence-corrected chi connectivity index (χ1v) is 25.1. The molecule has 6 aromatic rings. The van der Waals surface area contributed by atoms with Crippen molar-refractivity contribution in [1.29, 1.82) is 0 Å². The van der Waals surface area contributed by atoms with Crippen molar-refractivity contribution in [3.8, 4) is 0 Å². The van der Waals surface area contributed by atoms with E-state index in [-0.39, 0.29) is 37.2 Å². The van der Waals surface area contributed by atoms with Crippen LogP contribution in [0.5, 0.6) is 0 Å². The number of carbonyl (C=O) groups is 2. The molecular weight excluding hydrogens is 1020 g/mol. The van der Waals surface area contributed by atoms with E-state index in [1.54, 1.807) is 97.2 Å². The molecule has 2 aliphatic rings. The molecule has 66 heavy (non-hydrogen) atoms. The van der Waals surface area contributed by atoms with Gasteiger partial charge in [-0.25, -0.2) is 0 Å². The fraction of sp³-hybridized carbons (Fsp3) is 0.340. The average Bonchev–Trinajstić information content (AvgIpc) is 4.14. The van der Waals surface area contributed by atoms with Crippen molar-refractivity contribution < 1.29 is 57.6 Å². The quantitative estimate of drug-likeness (QED) is 0.0637. The van der Waals surface area contributed by atoms with Crippen LogP contribution in [0.3, 0.4) is 0 Å². The zero-order valence-corrected chi connectivity index (χ0v) is 44.7. The maximum Gasteiger partial charge on any atom is 1.00 e. The molecule has 0 amide bonds. The monoisotopic (exact) mass is 1070 g/mol. The van der Waals surface area contributed by atoms with Crippen LogP contribution in [-0.2, 0) is 30.1 Å². The van der Waals surface area contributed by atoms with Gasteiger partial charge in [0.25, 0.3) is 0 Å². The first-order chi connectivity index (χ1) is 30.8. The van der Waals surface area contributed by atoms with Gasteiger partial charge in [-0.15, -0.1) is 34.0 Å². The van der Waals surface area contributed by atoms with E-state index in [4.69, 9.17) is 53.8 Å². The molecule has 0 saturated carbocycles. The Bertz CT molecular complexity index is 2430. The zero-order chi connectivity index (χ0) is 47.9. The van der Waals surface area contributed by atoms with E-state index in [1.165, 1.54) is 29.6 Å². The number of hydrogen-bond acceptors (Lipinski definition) is 11. The van der Waals surface area contributed by atoms with Crippen LogP contribution in [0.1, 0.15) is 120 Å². The number of ketones is 1. The zero-order valence-electron chi connectivity index (χ0n) is 38.4. The van der Waals surface area contributed by atoms with Gasteiger partial charge in [-0.3, -0.25) is 9.59 Å². The molecule has 2 atom stereocenters. The number of aliphatic hydroxyl groups is 2. The maximum atomic E-state index is 11.0. The molecule has 2 aliphatic heterocycles. The summed E-state index contributed by atoms with van der Waals surface area (Å²) in [6.07, 6.45) is 2.65. The number of unbranched alkanes of at least 4 members (excludes halogenated alkanes) is 1. The van der Waals surface area contributed by atoms with Crippen molar-refractivity contribution in [3.05, 3.63) is 175 Å². The second-order valence-electron chi connectivity index (χ2n) is 15.1. The van der Waals surface area contributed by atoms with Crippen molar-refractivity contribution in [1.82, 2.24) is 0 Å². The van der Waals surface area contributed by atoms with E-state index >= 15 is 0 Å². The molecule has 2 unspecified atom stereocenters. The van der Waals surface area contributed by atoms with Gasteiger partial charge in [0.1, 0.15) is 11.2 Å². The molecule has 3 aromatic heterocycles. The molecular formula is C50H55BrCl3LiO8S3. The standard InChI is InChI=1S/C16H17ClO3S.C14H13ClO2S.C8H9BrO2S.C8H7ClO.C4H9.Li/c1-10-13(9-14(21-10)15-19-6-7-20-15)16(2,18)11-4-3-5-12(17)8-11;1-9-13(7-12(8-16)18-9)14(2,17)10-4-3-5-11(15)6-10;1-5-6(9)4-7(12-5)8-10-2-3-11-8;1-6(10)7-3-2-4-8(9)5-7;1-3-4-2;/h3-5,8-9,15,18H,6-7H2,1-2H3;3-8,17H,1-2H3;4,8H,2-3H2,1H3;2-5H,1H3;1,3-4H2,2H3;/q;;;;-1;+1. The van der Waals surface area contributed by atoms with E-state index in [9.17, 15) is 19.8 Å². The minimum absolute atomic E-state index is 0. The van der Waals surface area contributed by atoms with Gasteiger partial charge < -0.3 is 36.1 Å². The number of aryl methyl sites for hydroxylation is 3. The van der Waals surface area contributed by atoms with Gasteiger partial charge in [0.2, 0.25) is 0 Å². The number of ether oxygens (including phenoxy) is 4. The summed E-state index contributed by atoms with van der Waals surface area (Å²) < 4.78 is 23.0. The Labute approximate surface area is 436 Å². The van der Waals surface area contributed by atoms with Crippen LogP contribution in [-0.4, -0.2) is 48.7 Å². The molecule has 2 fully saturated rings. The maximum absolute atomic E-state index is 11.0. The number of Topliss-reactive ketones (excluding diaryl/α,β-unsaturated/α-hetero) is 1. The Morgan fingerprint density at radius 3 is 1.48 bits per heavy atom. The topological polar surface area (TPSA) is 112 Å². The number of hydrogen-bond donors (Lipinski definition) is 2. The third-order valence-electron chi connectivity index (χ3n) is 9.98. The molecule has 3 aromatic carbocycles. The Kier molecular flexibility index (Phi) is 24.5. The largest absolute Gasteiger partial charge is 1.00 e. The van der Waals surface area contributed by atoms with Gasteiger partial charge in [-0.1, -0.05) is 84.5 Å². The fourth-order valence-electron chi connectivity index (χ4n) is 6.40. The number of carbonyl (C=O) groups excluding carboxylic acids is 2. The molecule has 5 heterocycles. The predicted octanol–water partition coefficient (Wildman–Crippen LogP) is 11.8. The van der Waals surface area contributed by atoms with Gasteiger partial charge >= 0.3 is 18.9 Å². The molecule has 0 spiro atoms. The molecule has 350 valence electrons. The minimum Gasteiger partial charge on any atom is -0.381 e. The average molecular weight is 1070 g/mol. The molecule has 2 N–H and O–H groups in total. The number of rotatable bonds is 9.